The van der Waals surface area contributed by atoms with Crippen molar-refractivity contribution >= 4 is 5.97 Å². The van der Waals surface area contributed by atoms with Gasteiger partial charge in [0.25, 0.3) is 0 Å². The molecule has 0 spiro atoms. The van der Waals surface area contributed by atoms with E-state index in [1.165, 1.54) is 6.07 Å². The molecule has 0 saturated carbocycles. The summed E-state index contributed by atoms with van der Waals surface area (Å²) in [5, 5.41) is 22.4. The van der Waals surface area contributed by atoms with Gasteiger partial charge in [-0.05, 0) is 11.6 Å². The van der Waals surface area contributed by atoms with Gasteiger partial charge < -0.3 is 14.9 Å². The van der Waals surface area contributed by atoms with Crippen molar-refractivity contribution in [3.63, 3.8) is 0 Å². The molecule has 0 bridgehead atoms. The predicted molar refractivity (Wildman–Crippen MR) is 66.9 cm³/mol. The van der Waals surface area contributed by atoms with Crippen molar-refractivity contribution in [3.8, 4) is 5.88 Å². The minimum absolute atomic E-state index is 0.0510. The highest BCUT2D eigenvalue weighted by Crippen LogP contribution is 2.18. The zero-order valence-electron chi connectivity index (χ0n) is 10.4. The molecule has 19 heavy (non-hydrogen) atoms. The monoisotopic (exact) mass is 262 g/mol. The topological polar surface area (TPSA) is 84.6 Å². The molecular formula is C13H14N2O4. The van der Waals surface area contributed by atoms with Gasteiger partial charge in [-0.2, -0.15) is 0 Å². The van der Waals surface area contributed by atoms with Crippen LogP contribution in [0.25, 0.3) is 0 Å². The Bertz CT molecular complexity index is 592. The van der Waals surface area contributed by atoms with Crippen LogP contribution in [-0.2, 0) is 20.3 Å². The first-order valence-corrected chi connectivity index (χ1v) is 5.69. The Balaban J connectivity index is 2.25. The molecule has 6 nitrogen and oxygen atoms in total. The van der Waals surface area contributed by atoms with Gasteiger partial charge in [0.2, 0.25) is 5.88 Å². The first kappa shape index (κ1) is 13.1. The van der Waals surface area contributed by atoms with Gasteiger partial charge in [-0.15, -0.1) is 5.10 Å². The number of carbonyl (C=O) groups is 1. The molecule has 2 aromatic rings. The van der Waals surface area contributed by atoms with E-state index in [2.05, 4.69) is 5.10 Å². The van der Waals surface area contributed by atoms with Crippen molar-refractivity contribution < 1.29 is 19.7 Å². The Morgan fingerprint density at radius 2 is 2.21 bits per heavy atom. The lowest BCUT2D eigenvalue weighted by Crippen LogP contribution is -2.09. The number of rotatable bonds is 5. The number of ether oxygens (including phenoxy) is 1. The Labute approximate surface area is 109 Å². The predicted octanol–water partition coefficient (Wildman–Crippen LogP) is 1.19. The molecule has 1 heterocycles. The molecule has 6 heteroatoms. The number of aliphatic hydroxyl groups is 1. The zero-order chi connectivity index (χ0) is 13.8. The van der Waals surface area contributed by atoms with Crippen LogP contribution < -0.4 is 4.74 Å². The first-order chi connectivity index (χ1) is 9.11. The third kappa shape index (κ3) is 2.92. The highest BCUT2D eigenvalue weighted by Gasteiger charge is 2.14. The number of carboxylic acid groups (broad SMARTS) is 1. The summed E-state index contributed by atoms with van der Waals surface area (Å²) in [5.41, 5.74) is 1.13. The summed E-state index contributed by atoms with van der Waals surface area (Å²) in [6.45, 7) is -0.183. The van der Waals surface area contributed by atoms with Crippen molar-refractivity contribution in [2.24, 2.45) is 7.05 Å². The molecule has 0 aliphatic heterocycles. The van der Waals surface area contributed by atoms with E-state index in [4.69, 9.17) is 9.84 Å². The van der Waals surface area contributed by atoms with Crippen LogP contribution in [0, 0.1) is 0 Å². The quantitative estimate of drug-likeness (QED) is 0.845. The number of benzene rings is 1. The number of carboxylic acids is 1. The highest BCUT2D eigenvalue weighted by atomic mass is 16.5. The lowest BCUT2D eigenvalue weighted by molar-refractivity contribution is 0.0693. The normalized spacial score (nSPS) is 10.4. The summed E-state index contributed by atoms with van der Waals surface area (Å²) < 4.78 is 7.03. The highest BCUT2D eigenvalue weighted by molar-refractivity contribution is 5.89. The van der Waals surface area contributed by atoms with Gasteiger partial charge >= 0.3 is 5.97 Å². The van der Waals surface area contributed by atoms with Gasteiger partial charge in [0, 0.05) is 24.9 Å². The molecule has 0 atom stereocenters. The lowest BCUT2D eigenvalue weighted by atomic mass is 10.0. The zero-order valence-corrected chi connectivity index (χ0v) is 10.4. The van der Waals surface area contributed by atoms with E-state index in [1.807, 2.05) is 0 Å². The van der Waals surface area contributed by atoms with Crippen LogP contribution in [0.4, 0.5) is 0 Å². The summed E-state index contributed by atoms with van der Waals surface area (Å²) in [6, 6.07) is 6.43. The van der Waals surface area contributed by atoms with E-state index in [0.717, 1.165) is 0 Å². The maximum atomic E-state index is 11.1. The smallest absolute Gasteiger partial charge is 0.336 e. The van der Waals surface area contributed by atoms with Gasteiger partial charge in [-0.25, -0.2) is 4.79 Å². The molecule has 2 N–H and O–H groups in total. The Morgan fingerprint density at radius 1 is 1.42 bits per heavy atom. The standard InChI is InChI=1S/C13H14N2O4/c1-15-6-5-12(14-15)19-8-11-9(7-16)3-2-4-10(11)13(17)18/h2-6,16H,7-8H2,1H3,(H,17,18). The lowest BCUT2D eigenvalue weighted by Gasteiger charge is -2.11. The second kappa shape index (κ2) is 5.53. The fourth-order valence-electron chi connectivity index (χ4n) is 1.77. The van der Waals surface area contributed by atoms with Crippen molar-refractivity contribution in [2.75, 3.05) is 0 Å². The number of nitrogens with zero attached hydrogens (tertiary/aromatic N) is 2. The van der Waals surface area contributed by atoms with Crippen molar-refractivity contribution in [3.05, 3.63) is 47.2 Å². The van der Waals surface area contributed by atoms with E-state index >= 15 is 0 Å². The van der Waals surface area contributed by atoms with Crippen molar-refractivity contribution in [2.45, 2.75) is 13.2 Å². The third-order valence-electron chi connectivity index (χ3n) is 2.73. The molecular weight excluding hydrogens is 248 g/mol. The third-order valence-corrected chi connectivity index (χ3v) is 2.73. The SMILES string of the molecule is Cn1ccc(OCc2c(CO)cccc2C(=O)O)n1. The summed E-state index contributed by atoms with van der Waals surface area (Å²) in [7, 11) is 1.76. The first-order valence-electron chi connectivity index (χ1n) is 5.69. The van der Waals surface area contributed by atoms with E-state index in [9.17, 15) is 9.90 Å². The molecule has 0 unspecified atom stereocenters. The van der Waals surface area contributed by atoms with Gasteiger partial charge in [0.05, 0.1) is 12.2 Å². The summed E-state index contributed by atoms with van der Waals surface area (Å²) in [5.74, 6) is -0.637. The molecule has 2 rings (SSSR count). The van der Waals surface area contributed by atoms with Crippen molar-refractivity contribution in [1.29, 1.82) is 0 Å². The van der Waals surface area contributed by atoms with E-state index in [0.29, 0.717) is 17.0 Å². The molecule has 0 saturated heterocycles. The number of aromatic carboxylic acids is 1. The number of hydrogen-bond acceptors (Lipinski definition) is 4. The van der Waals surface area contributed by atoms with E-state index < -0.39 is 5.97 Å². The van der Waals surface area contributed by atoms with Crippen LogP contribution in [0.5, 0.6) is 5.88 Å². The molecule has 1 aromatic carbocycles. The molecule has 100 valence electrons. The average molecular weight is 262 g/mol. The fourth-order valence-corrected chi connectivity index (χ4v) is 1.77. The van der Waals surface area contributed by atoms with Crippen LogP contribution in [-0.4, -0.2) is 26.0 Å². The van der Waals surface area contributed by atoms with E-state index in [1.54, 1.807) is 36.1 Å². The number of aromatic nitrogens is 2. The maximum Gasteiger partial charge on any atom is 0.336 e. The number of hydrogen-bond donors (Lipinski definition) is 2. The Kier molecular flexibility index (Phi) is 3.82. The second-order valence-electron chi connectivity index (χ2n) is 4.02. The van der Waals surface area contributed by atoms with Crippen molar-refractivity contribution in [1.82, 2.24) is 9.78 Å². The number of aliphatic hydroxyl groups excluding tert-OH is 1. The molecule has 1 aromatic heterocycles. The fraction of sp³-hybridized carbons (Fsp3) is 0.231. The molecule has 0 fully saturated rings. The Hall–Kier alpha value is -2.34. The Morgan fingerprint density at radius 3 is 2.79 bits per heavy atom. The molecule has 0 amide bonds. The van der Waals surface area contributed by atoms with Gasteiger partial charge in [0.1, 0.15) is 6.61 Å². The van der Waals surface area contributed by atoms with Crippen LogP contribution >= 0.6 is 0 Å². The second-order valence-corrected chi connectivity index (χ2v) is 4.02. The summed E-state index contributed by atoms with van der Waals surface area (Å²) >= 11 is 0. The molecule has 0 aliphatic rings. The summed E-state index contributed by atoms with van der Waals surface area (Å²) in [6.07, 6.45) is 1.73. The van der Waals surface area contributed by atoms with Gasteiger partial charge in [-0.1, -0.05) is 12.1 Å². The van der Waals surface area contributed by atoms with Gasteiger partial charge in [0.15, 0.2) is 0 Å². The maximum absolute atomic E-state index is 11.1. The largest absolute Gasteiger partial charge is 0.478 e. The van der Waals surface area contributed by atoms with Crippen LogP contribution in [0.15, 0.2) is 30.5 Å². The number of aryl methyl sites for hydroxylation is 1. The minimum Gasteiger partial charge on any atom is -0.478 e. The van der Waals surface area contributed by atoms with Gasteiger partial charge in [-0.3, -0.25) is 4.68 Å². The van der Waals surface area contributed by atoms with Crippen LogP contribution in [0.2, 0.25) is 0 Å². The molecule has 0 aliphatic carbocycles. The van der Waals surface area contributed by atoms with E-state index in [-0.39, 0.29) is 18.8 Å². The minimum atomic E-state index is -1.05. The van der Waals surface area contributed by atoms with Crippen LogP contribution in [0.1, 0.15) is 21.5 Å². The molecule has 0 radical (unpaired) electrons. The van der Waals surface area contributed by atoms with Crippen LogP contribution in [0.3, 0.4) is 0 Å². The summed E-state index contributed by atoms with van der Waals surface area (Å²) in [4.78, 5) is 11.1. The average Bonchev–Trinajstić information content (AvgIpc) is 2.81.